The molecular formula is C14H19N3OS. The molecule has 0 atom stereocenters. The summed E-state index contributed by atoms with van der Waals surface area (Å²) >= 11 is 1.61. The number of ether oxygens (including phenoxy) is 1. The van der Waals surface area contributed by atoms with Crippen molar-refractivity contribution in [2.45, 2.75) is 33.4 Å². The first-order valence-electron chi connectivity index (χ1n) is 6.31. The Morgan fingerprint density at radius 1 is 1.32 bits per heavy atom. The molecule has 0 saturated carbocycles. The van der Waals surface area contributed by atoms with Crippen molar-refractivity contribution in [2.75, 3.05) is 7.11 Å². The average Bonchev–Trinajstić information content (AvgIpc) is 2.86. The molecule has 0 fully saturated rings. The van der Waals surface area contributed by atoms with Gasteiger partial charge in [-0.1, -0.05) is 37.3 Å². The smallest absolute Gasteiger partial charge is 0.147 e. The van der Waals surface area contributed by atoms with E-state index in [-0.39, 0.29) is 0 Å². The Morgan fingerprint density at radius 2 is 2.11 bits per heavy atom. The topological polar surface area (TPSA) is 47.0 Å². The van der Waals surface area contributed by atoms with Crippen molar-refractivity contribution in [1.82, 2.24) is 15.5 Å². The molecule has 0 radical (unpaired) electrons. The summed E-state index contributed by atoms with van der Waals surface area (Å²) in [6, 6.07) is 6.56. The molecule has 19 heavy (non-hydrogen) atoms. The maximum atomic E-state index is 5.34. The van der Waals surface area contributed by atoms with Crippen LogP contribution >= 0.6 is 11.3 Å². The number of methoxy groups -OCH3 is 1. The van der Waals surface area contributed by atoms with Crippen molar-refractivity contribution in [2.24, 2.45) is 0 Å². The van der Waals surface area contributed by atoms with Crippen LogP contribution in [0.25, 0.3) is 10.6 Å². The van der Waals surface area contributed by atoms with Crippen LogP contribution in [0.4, 0.5) is 0 Å². The van der Waals surface area contributed by atoms with Crippen LogP contribution in [-0.2, 0) is 6.54 Å². The SMILES string of the molecule is COc1cc(-c2nnc(CNC(C)C)s2)ccc1C. The number of benzene rings is 1. The fraction of sp³-hybridized carbons (Fsp3) is 0.429. The van der Waals surface area contributed by atoms with Gasteiger partial charge in [-0.25, -0.2) is 0 Å². The summed E-state index contributed by atoms with van der Waals surface area (Å²) in [5, 5.41) is 13.7. The Balaban J connectivity index is 2.18. The molecule has 0 saturated heterocycles. The summed E-state index contributed by atoms with van der Waals surface area (Å²) in [5.74, 6) is 0.884. The molecule has 0 aliphatic rings. The second-order valence-corrected chi connectivity index (χ2v) is 5.78. The summed E-state index contributed by atoms with van der Waals surface area (Å²) in [6.45, 7) is 7.03. The standard InChI is InChI=1S/C14H19N3OS/c1-9(2)15-8-13-16-17-14(19-13)11-6-5-10(3)12(7-11)18-4/h5-7,9,15H,8H2,1-4H3. The zero-order valence-electron chi connectivity index (χ0n) is 11.7. The molecule has 102 valence electrons. The van der Waals surface area contributed by atoms with Gasteiger partial charge in [-0.3, -0.25) is 0 Å². The van der Waals surface area contributed by atoms with E-state index in [4.69, 9.17) is 4.74 Å². The van der Waals surface area contributed by atoms with Gasteiger partial charge in [-0.05, 0) is 18.6 Å². The Bertz CT molecular complexity index is 551. The zero-order chi connectivity index (χ0) is 13.8. The highest BCUT2D eigenvalue weighted by molar-refractivity contribution is 7.14. The lowest BCUT2D eigenvalue weighted by atomic mass is 10.1. The van der Waals surface area contributed by atoms with Crippen LogP contribution in [0.15, 0.2) is 18.2 Å². The lowest BCUT2D eigenvalue weighted by Crippen LogP contribution is -2.21. The summed E-state index contributed by atoms with van der Waals surface area (Å²) in [4.78, 5) is 0. The first-order valence-corrected chi connectivity index (χ1v) is 7.12. The third-order valence-electron chi connectivity index (χ3n) is 2.78. The summed E-state index contributed by atoms with van der Waals surface area (Å²) < 4.78 is 5.34. The number of hydrogen-bond acceptors (Lipinski definition) is 5. The fourth-order valence-electron chi connectivity index (χ4n) is 1.69. The average molecular weight is 277 g/mol. The number of aryl methyl sites for hydroxylation is 1. The van der Waals surface area contributed by atoms with E-state index in [1.54, 1.807) is 18.4 Å². The Morgan fingerprint density at radius 3 is 2.79 bits per heavy atom. The van der Waals surface area contributed by atoms with Crippen LogP contribution < -0.4 is 10.1 Å². The second-order valence-electron chi connectivity index (χ2n) is 4.72. The number of aromatic nitrogens is 2. The van der Waals surface area contributed by atoms with Crippen molar-refractivity contribution in [1.29, 1.82) is 0 Å². The summed E-state index contributed by atoms with van der Waals surface area (Å²) in [5.41, 5.74) is 2.17. The largest absolute Gasteiger partial charge is 0.496 e. The minimum absolute atomic E-state index is 0.451. The molecule has 2 rings (SSSR count). The predicted octanol–water partition coefficient (Wildman–Crippen LogP) is 3.02. The third kappa shape index (κ3) is 3.52. The highest BCUT2D eigenvalue weighted by Gasteiger charge is 2.09. The van der Waals surface area contributed by atoms with E-state index in [9.17, 15) is 0 Å². The molecule has 1 aromatic carbocycles. The Kier molecular flexibility index (Phi) is 4.50. The van der Waals surface area contributed by atoms with E-state index < -0.39 is 0 Å². The fourth-order valence-corrected chi connectivity index (χ4v) is 2.47. The molecule has 0 spiro atoms. The van der Waals surface area contributed by atoms with Crippen LogP contribution in [-0.4, -0.2) is 23.3 Å². The lowest BCUT2D eigenvalue weighted by Gasteiger charge is -2.05. The Hall–Kier alpha value is -1.46. The highest BCUT2D eigenvalue weighted by atomic mass is 32.1. The van der Waals surface area contributed by atoms with Gasteiger partial charge in [0, 0.05) is 18.2 Å². The molecule has 0 amide bonds. The summed E-state index contributed by atoms with van der Waals surface area (Å²) in [7, 11) is 1.68. The quantitative estimate of drug-likeness (QED) is 0.912. The van der Waals surface area contributed by atoms with Crippen LogP contribution in [0.2, 0.25) is 0 Å². The number of nitrogens with one attached hydrogen (secondary N) is 1. The van der Waals surface area contributed by atoms with Crippen molar-refractivity contribution in [3.63, 3.8) is 0 Å². The predicted molar refractivity (Wildman–Crippen MR) is 78.6 cm³/mol. The van der Waals surface area contributed by atoms with Gasteiger partial charge in [0.1, 0.15) is 15.8 Å². The molecule has 1 N–H and O–H groups in total. The maximum absolute atomic E-state index is 5.34. The van der Waals surface area contributed by atoms with Gasteiger partial charge < -0.3 is 10.1 Å². The molecule has 1 heterocycles. The van der Waals surface area contributed by atoms with Gasteiger partial charge in [0.15, 0.2) is 0 Å². The molecule has 0 unspecified atom stereocenters. The van der Waals surface area contributed by atoms with Crippen LogP contribution in [0.5, 0.6) is 5.75 Å². The van der Waals surface area contributed by atoms with Gasteiger partial charge in [0.2, 0.25) is 0 Å². The van der Waals surface area contributed by atoms with Crippen molar-refractivity contribution < 1.29 is 4.74 Å². The minimum Gasteiger partial charge on any atom is -0.496 e. The van der Waals surface area contributed by atoms with E-state index in [2.05, 4.69) is 35.4 Å². The first kappa shape index (κ1) is 14.0. The first-order chi connectivity index (χ1) is 9.10. The van der Waals surface area contributed by atoms with Gasteiger partial charge >= 0.3 is 0 Å². The zero-order valence-corrected chi connectivity index (χ0v) is 12.5. The number of hydrogen-bond donors (Lipinski definition) is 1. The van der Waals surface area contributed by atoms with E-state index in [0.29, 0.717) is 6.04 Å². The van der Waals surface area contributed by atoms with Crippen LogP contribution in [0.1, 0.15) is 24.4 Å². The number of nitrogens with zero attached hydrogens (tertiary/aromatic N) is 2. The van der Waals surface area contributed by atoms with Crippen molar-refractivity contribution >= 4 is 11.3 Å². The van der Waals surface area contributed by atoms with Gasteiger partial charge in [-0.15, -0.1) is 10.2 Å². The Labute approximate surface area is 117 Å². The van der Waals surface area contributed by atoms with E-state index in [1.165, 1.54) is 0 Å². The molecule has 5 heteroatoms. The van der Waals surface area contributed by atoms with Crippen molar-refractivity contribution in [3.05, 3.63) is 28.8 Å². The van der Waals surface area contributed by atoms with E-state index >= 15 is 0 Å². The third-order valence-corrected chi connectivity index (χ3v) is 3.76. The molecule has 0 aliphatic heterocycles. The van der Waals surface area contributed by atoms with Crippen molar-refractivity contribution in [3.8, 4) is 16.3 Å². The monoisotopic (exact) mass is 277 g/mol. The maximum Gasteiger partial charge on any atom is 0.147 e. The summed E-state index contributed by atoms with van der Waals surface area (Å²) in [6.07, 6.45) is 0. The van der Waals surface area contributed by atoms with Gasteiger partial charge in [0.25, 0.3) is 0 Å². The molecular weight excluding hydrogens is 258 g/mol. The number of rotatable bonds is 5. The van der Waals surface area contributed by atoms with Crippen LogP contribution in [0, 0.1) is 6.92 Å². The van der Waals surface area contributed by atoms with E-state index in [0.717, 1.165) is 33.4 Å². The van der Waals surface area contributed by atoms with Crippen LogP contribution in [0.3, 0.4) is 0 Å². The van der Waals surface area contributed by atoms with Gasteiger partial charge in [0.05, 0.1) is 7.11 Å². The highest BCUT2D eigenvalue weighted by Crippen LogP contribution is 2.28. The van der Waals surface area contributed by atoms with Gasteiger partial charge in [-0.2, -0.15) is 0 Å². The normalized spacial score (nSPS) is 11.0. The minimum atomic E-state index is 0.451. The second kappa shape index (κ2) is 6.12. The molecule has 2 aromatic rings. The molecule has 0 bridgehead atoms. The molecule has 0 aliphatic carbocycles. The molecule has 1 aromatic heterocycles. The van der Waals surface area contributed by atoms with E-state index in [1.807, 2.05) is 19.1 Å². The molecule has 4 nitrogen and oxygen atoms in total. The lowest BCUT2D eigenvalue weighted by molar-refractivity contribution is 0.412.